The second kappa shape index (κ2) is 5.97. The van der Waals surface area contributed by atoms with E-state index in [1.807, 2.05) is 0 Å². The van der Waals surface area contributed by atoms with Gasteiger partial charge in [-0.25, -0.2) is 13.1 Å². The fraction of sp³-hybridized carbons (Fsp3) is 0.200. The third-order valence-corrected chi connectivity index (χ3v) is 5.46. The zero-order valence-corrected chi connectivity index (χ0v) is 13.0. The minimum atomic E-state index is -3.50. The monoisotopic (exact) mass is 341 g/mol. The number of fused-ring (bicyclic) bond motifs is 1. The van der Waals surface area contributed by atoms with E-state index in [-0.39, 0.29) is 5.69 Å². The summed E-state index contributed by atoms with van der Waals surface area (Å²) in [7, 11) is -3.50. The van der Waals surface area contributed by atoms with E-state index < -0.39 is 22.6 Å². The fourth-order valence-corrected chi connectivity index (χ4v) is 4.41. The summed E-state index contributed by atoms with van der Waals surface area (Å²) < 4.78 is 51.3. The molecule has 0 atom stereocenters. The highest BCUT2D eigenvalue weighted by Gasteiger charge is 2.42. The van der Waals surface area contributed by atoms with Gasteiger partial charge in [-0.05, 0) is 48.2 Å². The van der Waals surface area contributed by atoms with Gasteiger partial charge in [0.05, 0.1) is 11.4 Å². The SMILES string of the molecule is NCCCN1c2ccccc2N(c2ccc(F)cc2F)S1(O)O. The zero-order valence-electron chi connectivity index (χ0n) is 12.2. The standard InChI is InChI=1S/C15H17F2N3O2S/c16-11-6-7-13(12(17)10-11)20-15-5-2-1-4-14(15)19(9-3-8-18)23(20,21)22/h1-2,4-7,10,21-22H,3,8-9,18H2. The Balaban J connectivity index is 2.12. The topological polar surface area (TPSA) is 73.0 Å². The van der Waals surface area contributed by atoms with Gasteiger partial charge in [0.2, 0.25) is 0 Å². The first-order valence-corrected chi connectivity index (χ1v) is 8.53. The maximum absolute atomic E-state index is 14.2. The van der Waals surface area contributed by atoms with Crippen molar-refractivity contribution in [2.24, 2.45) is 5.73 Å². The molecule has 3 rings (SSSR count). The molecule has 0 fully saturated rings. The van der Waals surface area contributed by atoms with E-state index in [9.17, 15) is 17.9 Å². The quantitative estimate of drug-likeness (QED) is 0.788. The Hall–Kier alpha value is -1.87. The summed E-state index contributed by atoms with van der Waals surface area (Å²) >= 11 is 0. The third-order valence-electron chi connectivity index (χ3n) is 3.60. The van der Waals surface area contributed by atoms with Crippen LogP contribution in [0.5, 0.6) is 0 Å². The van der Waals surface area contributed by atoms with E-state index in [4.69, 9.17) is 5.73 Å². The first-order valence-electron chi connectivity index (χ1n) is 7.07. The van der Waals surface area contributed by atoms with E-state index in [1.54, 1.807) is 24.3 Å². The van der Waals surface area contributed by atoms with Crippen molar-refractivity contribution in [3.8, 4) is 0 Å². The molecule has 0 bridgehead atoms. The van der Waals surface area contributed by atoms with E-state index >= 15 is 0 Å². The molecule has 0 radical (unpaired) electrons. The summed E-state index contributed by atoms with van der Waals surface area (Å²) in [6.07, 6.45) is 0.546. The second-order valence-corrected chi connectivity index (χ2v) is 6.90. The second-order valence-electron chi connectivity index (χ2n) is 5.11. The van der Waals surface area contributed by atoms with Crippen LogP contribution in [0.25, 0.3) is 0 Å². The molecule has 2 aromatic rings. The lowest BCUT2D eigenvalue weighted by Gasteiger charge is -2.43. The van der Waals surface area contributed by atoms with Gasteiger partial charge in [0.25, 0.3) is 0 Å². The molecule has 1 aliphatic heterocycles. The van der Waals surface area contributed by atoms with Gasteiger partial charge in [0, 0.05) is 12.6 Å². The van der Waals surface area contributed by atoms with Crippen molar-refractivity contribution in [2.75, 3.05) is 21.7 Å². The van der Waals surface area contributed by atoms with Gasteiger partial charge in [-0.3, -0.25) is 13.4 Å². The highest BCUT2D eigenvalue weighted by molar-refractivity contribution is 8.27. The smallest absolute Gasteiger partial charge is 0.151 e. The molecule has 0 amide bonds. The minimum Gasteiger partial charge on any atom is -0.330 e. The van der Waals surface area contributed by atoms with Crippen molar-refractivity contribution in [3.63, 3.8) is 0 Å². The first-order chi connectivity index (χ1) is 11.0. The van der Waals surface area contributed by atoms with Crippen LogP contribution in [0.2, 0.25) is 0 Å². The maximum atomic E-state index is 14.2. The van der Waals surface area contributed by atoms with E-state index in [0.29, 0.717) is 30.9 Å². The lowest BCUT2D eigenvalue weighted by atomic mass is 10.2. The Bertz CT molecular complexity index is 730. The van der Waals surface area contributed by atoms with Crippen LogP contribution in [0, 0.1) is 11.6 Å². The van der Waals surface area contributed by atoms with Crippen molar-refractivity contribution >= 4 is 28.0 Å². The first kappa shape index (κ1) is 16.0. The van der Waals surface area contributed by atoms with Gasteiger partial charge in [-0.15, -0.1) is 0 Å². The summed E-state index contributed by atoms with van der Waals surface area (Å²) in [6, 6.07) is 9.86. The number of benzene rings is 2. The number of halogens is 2. The summed E-state index contributed by atoms with van der Waals surface area (Å²) in [5.41, 5.74) is 6.44. The molecule has 124 valence electrons. The van der Waals surface area contributed by atoms with Gasteiger partial charge in [-0.1, -0.05) is 12.1 Å². The van der Waals surface area contributed by atoms with Crippen LogP contribution in [0.4, 0.5) is 25.8 Å². The molecule has 0 spiro atoms. The van der Waals surface area contributed by atoms with E-state index in [2.05, 4.69) is 0 Å². The van der Waals surface area contributed by atoms with E-state index in [1.165, 1.54) is 10.4 Å². The largest absolute Gasteiger partial charge is 0.330 e. The number of nitrogens with two attached hydrogens (primary N) is 1. The Morgan fingerprint density at radius 1 is 1.00 bits per heavy atom. The van der Waals surface area contributed by atoms with E-state index in [0.717, 1.165) is 16.4 Å². The number of anilines is 3. The van der Waals surface area contributed by atoms with Crippen LogP contribution >= 0.6 is 11.0 Å². The molecule has 4 N–H and O–H groups in total. The molecular formula is C15H17F2N3O2S. The predicted molar refractivity (Wildman–Crippen MR) is 88.8 cm³/mol. The van der Waals surface area contributed by atoms with Crippen LogP contribution in [0.15, 0.2) is 42.5 Å². The molecular weight excluding hydrogens is 324 g/mol. The van der Waals surface area contributed by atoms with Crippen LogP contribution in [-0.2, 0) is 0 Å². The van der Waals surface area contributed by atoms with Crippen molar-refractivity contribution in [2.45, 2.75) is 6.42 Å². The van der Waals surface area contributed by atoms with Gasteiger partial charge >= 0.3 is 0 Å². The van der Waals surface area contributed by atoms with Gasteiger partial charge in [0.1, 0.15) is 11.5 Å². The Labute approximate surface area is 134 Å². The minimum absolute atomic E-state index is 0.0888. The normalized spacial score (nSPS) is 17.3. The van der Waals surface area contributed by atoms with Crippen LogP contribution in [0.3, 0.4) is 0 Å². The fourth-order valence-electron chi connectivity index (χ4n) is 2.59. The maximum Gasteiger partial charge on any atom is 0.151 e. The molecule has 0 saturated heterocycles. The third kappa shape index (κ3) is 2.63. The summed E-state index contributed by atoms with van der Waals surface area (Å²) in [5.74, 6) is -1.59. The van der Waals surface area contributed by atoms with Crippen LogP contribution in [-0.4, -0.2) is 22.2 Å². The average Bonchev–Trinajstić information content (AvgIpc) is 2.72. The highest BCUT2D eigenvalue weighted by atomic mass is 32.3. The molecule has 5 nitrogen and oxygen atoms in total. The van der Waals surface area contributed by atoms with Gasteiger partial charge in [-0.2, -0.15) is 0 Å². The molecule has 0 saturated carbocycles. The van der Waals surface area contributed by atoms with Crippen LogP contribution < -0.4 is 14.3 Å². The highest BCUT2D eigenvalue weighted by Crippen LogP contribution is 2.64. The van der Waals surface area contributed by atoms with Crippen molar-refractivity contribution in [1.29, 1.82) is 0 Å². The Morgan fingerprint density at radius 3 is 2.35 bits per heavy atom. The number of hydrogen-bond donors (Lipinski definition) is 3. The number of para-hydroxylation sites is 2. The molecule has 1 aliphatic rings. The molecule has 0 aliphatic carbocycles. The lowest BCUT2D eigenvalue weighted by molar-refractivity contribution is 0.482. The molecule has 8 heteroatoms. The molecule has 0 unspecified atom stereocenters. The van der Waals surface area contributed by atoms with Crippen molar-refractivity contribution in [3.05, 3.63) is 54.1 Å². The summed E-state index contributed by atoms with van der Waals surface area (Å²) in [5, 5.41) is 0. The molecule has 2 aromatic carbocycles. The zero-order chi connectivity index (χ0) is 16.6. The van der Waals surface area contributed by atoms with Crippen molar-refractivity contribution < 1.29 is 17.9 Å². The molecule has 0 aromatic heterocycles. The molecule has 1 heterocycles. The summed E-state index contributed by atoms with van der Waals surface area (Å²) in [6.45, 7) is 0.703. The van der Waals surface area contributed by atoms with Gasteiger partial charge < -0.3 is 5.73 Å². The van der Waals surface area contributed by atoms with Gasteiger partial charge in [0.15, 0.2) is 5.82 Å². The van der Waals surface area contributed by atoms with Crippen LogP contribution in [0.1, 0.15) is 6.42 Å². The van der Waals surface area contributed by atoms with Crippen molar-refractivity contribution in [1.82, 2.24) is 0 Å². The Morgan fingerprint density at radius 2 is 1.70 bits per heavy atom. The average molecular weight is 341 g/mol. The number of hydrogen-bond acceptors (Lipinski definition) is 5. The summed E-state index contributed by atoms with van der Waals surface area (Å²) in [4.78, 5) is 0. The Kier molecular flexibility index (Phi) is 4.15. The molecule has 23 heavy (non-hydrogen) atoms. The number of nitrogens with zero attached hydrogens (tertiary/aromatic N) is 2. The predicted octanol–water partition coefficient (Wildman–Crippen LogP) is 3.85. The number of rotatable bonds is 4. The lowest BCUT2D eigenvalue weighted by Crippen LogP contribution is -2.33.